The number of amides is 2. The smallest absolute Gasteiger partial charge is 0.226 e. The summed E-state index contributed by atoms with van der Waals surface area (Å²) < 4.78 is 0. The second-order valence-electron chi connectivity index (χ2n) is 8.94. The summed E-state index contributed by atoms with van der Waals surface area (Å²) >= 11 is 1.72. The maximum Gasteiger partial charge on any atom is 0.226 e. The van der Waals surface area contributed by atoms with E-state index >= 15 is 0 Å². The first-order valence-corrected chi connectivity index (χ1v) is 12.4. The molecule has 0 bridgehead atoms. The Bertz CT molecular complexity index is 971. The van der Waals surface area contributed by atoms with Crippen molar-refractivity contribution in [2.45, 2.75) is 38.5 Å². The van der Waals surface area contributed by atoms with Gasteiger partial charge in [-0.15, -0.1) is 17.9 Å². The van der Waals surface area contributed by atoms with Crippen LogP contribution in [0.15, 0.2) is 66.6 Å². The number of nitrogens with zero attached hydrogens (tertiary/aromatic N) is 1. The van der Waals surface area contributed by atoms with Gasteiger partial charge < -0.3 is 10.2 Å². The van der Waals surface area contributed by atoms with Crippen molar-refractivity contribution >= 4 is 23.2 Å². The molecule has 4 rings (SSSR count). The number of hydrogen-bond donors (Lipinski definition) is 1. The summed E-state index contributed by atoms with van der Waals surface area (Å²) in [5.74, 6) is 0.435. The molecule has 5 heteroatoms. The van der Waals surface area contributed by atoms with Gasteiger partial charge in [0.1, 0.15) is 0 Å². The molecule has 4 nitrogen and oxygen atoms in total. The molecule has 1 N–H and O–H groups in total. The van der Waals surface area contributed by atoms with Crippen LogP contribution in [0.1, 0.15) is 37.7 Å². The van der Waals surface area contributed by atoms with Crippen molar-refractivity contribution in [1.82, 2.24) is 10.2 Å². The number of benzene rings is 1. The molecule has 1 atom stereocenters. The maximum atomic E-state index is 13.3. The number of piperidine rings is 1. The fourth-order valence-electron chi connectivity index (χ4n) is 4.94. The molecular weight excluding hydrogens is 416 g/mol. The van der Waals surface area contributed by atoms with Crippen LogP contribution in [0.25, 0.3) is 10.4 Å². The van der Waals surface area contributed by atoms with Gasteiger partial charge in [0.15, 0.2) is 0 Å². The second kappa shape index (κ2) is 10.3. The third-order valence-electron chi connectivity index (χ3n) is 6.81. The van der Waals surface area contributed by atoms with Gasteiger partial charge in [-0.1, -0.05) is 48.6 Å². The molecule has 1 aromatic heterocycles. The van der Waals surface area contributed by atoms with E-state index < -0.39 is 5.41 Å². The first-order valence-electron chi connectivity index (χ1n) is 11.6. The maximum absolute atomic E-state index is 13.3. The van der Waals surface area contributed by atoms with E-state index in [9.17, 15) is 9.59 Å². The Balaban J connectivity index is 1.50. The van der Waals surface area contributed by atoms with Gasteiger partial charge in [0, 0.05) is 30.4 Å². The highest BCUT2D eigenvalue weighted by Crippen LogP contribution is 2.37. The lowest BCUT2D eigenvalue weighted by Gasteiger charge is -2.42. The predicted molar refractivity (Wildman–Crippen MR) is 131 cm³/mol. The summed E-state index contributed by atoms with van der Waals surface area (Å²) in [4.78, 5) is 29.6. The van der Waals surface area contributed by atoms with E-state index in [1.807, 2.05) is 4.90 Å². The number of carbonyl (C=O) groups excluding carboxylic acids is 2. The fraction of sp³-hybridized carbons (Fsp3) is 0.407. The molecule has 2 heterocycles. The van der Waals surface area contributed by atoms with Crippen molar-refractivity contribution in [3.05, 3.63) is 72.1 Å². The molecule has 1 aliphatic heterocycles. The van der Waals surface area contributed by atoms with Crippen LogP contribution in [0.2, 0.25) is 0 Å². The Kier molecular flexibility index (Phi) is 7.26. The average molecular weight is 449 g/mol. The topological polar surface area (TPSA) is 49.4 Å². The zero-order valence-electron chi connectivity index (χ0n) is 18.6. The molecule has 1 saturated heterocycles. The molecular formula is C27H32N2O2S. The molecule has 168 valence electrons. The van der Waals surface area contributed by atoms with Crippen LogP contribution in [0.3, 0.4) is 0 Å². The van der Waals surface area contributed by atoms with Crippen molar-refractivity contribution in [2.75, 3.05) is 19.6 Å². The molecule has 0 spiro atoms. The van der Waals surface area contributed by atoms with Crippen molar-refractivity contribution in [3.63, 3.8) is 0 Å². The summed E-state index contributed by atoms with van der Waals surface area (Å²) in [6.07, 6.45) is 10.8. The predicted octanol–water partition coefficient (Wildman–Crippen LogP) is 5.22. The van der Waals surface area contributed by atoms with E-state index in [0.717, 1.165) is 19.3 Å². The molecule has 1 aliphatic carbocycles. The van der Waals surface area contributed by atoms with Crippen LogP contribution in [-0.2, 0) is 16.0 Å². The van der Waals surface area contributed by atoms with Crippen molar-refractivity contribution in [1.29, 1.82) is 0 Å². The molecule has 0 radical (unpaired) electrons. The van der Waals surface area contributed by atoms with Gasteiger partial charge in [0.25, 0.3) is 0 Å². The first-order chi connectivity index (χ1) is 15.6. The van der Waals surface area contributed by atoms with Crippen LogP contribution >= 0.6 is 11.3 Å². The van der Waals surface area contributed by atoms with Crippen LogP contribution in [-0.4, -0.2) is 36.3 Å². The molecule has 1 aromatic carbocycles. The Labute approximate surface area is 195 Å². The lowest BCUT2D eigenvalue weighted by molar-refractivity contribution is -0.143. The van der Waals surface area contributed by atoms with Crippen molar-refractivity contribution in [3.8, 4) is 10.4 Å². The van der Waals surface area contributed by atoms with Gasteiger partial charge in [-0.05, 0) is 61.1 Å². The normalized spacial score (nSPS) is 20.0. The minimum absolute atomic E-state index is 0.0756. The largest absolute Gasteiger partial charge is 0.352 e. The van der Waals surface area contributed by atoms with Crippen LogP contribution < -0.4 is 5.32 Å². The van der Waals surface area contributed by atoms with Gasteiger partial charge in [0.05, 0.1) is 5.41 Å². The first kappa shape index (κ1) is 22.5. The van der Waals surface area contributed by atoms with Gasteiger partial charge in [-0.2, -0.15) is 0 Å². The van der Waals surface area contributed by atoms with E-state index in [0.29, 0.717) is 38.9 Å². The number of likely N-dealkylation sites (tertiary alicyclic amines) is 1. The minimum atomic E-state index is -0.500. The van der Waals surface area contributed by atoms with Gasteiger partial charge in [0.2, 0.25) is 11.8 Å². The monoisotopic (exact) mass is 448 g/mol. The third-order valence-corrected chi connectivity index (χ3v) is 7.73. The average Bonchev–Trinajstić information content (AvgIpc) is 3.38. The van der Waals surface area contributed by atoms with Crippen molar-refractivity contribution < 1.29 is 9.59 Å². The van der Waals surface area contributed by atoms with E-state index in [1.165, 1.54) is 16.0 Å². The Morgan fingerprint density at radius 2 is 2.03 bits per heavy atom. The summed E-state index contributed by atoms with van der Waals surface area (Å²) in [6, 6.07) is 12.7. The molecule has 2 aromatic rings. The Morgan fingerprint density at radius 1 is 1.19 bits per heavy atom. The fourth-order valence-corrected chi connectivity index (χ4v) is 5.66. The molecule has 0 saturated carbocycles. The van der Waals surface area contributed by atoms with E-state index in [1.54, 1.807) is 17.4 Å². The second-order valence-corrected chi connectivity index (χ2v) is 9.89. The molecule has 2 amide bonds. The van der Waals surface area contributed by atoms with E-state index in [2.05, 4.69) is 65.8 Å². The highest BCUT2D eigenvalue weighted by molar-refractivity contribution is 7.13. The number of rotatable bonds is 7. The molecule has 2 aliphatic rings. The van der Waals surface area contributed by atoms with Crippen molar-refractivity contribution in [2.24, 2.45) is 11.3 Å². The van der Waals surface area contributed by atoms with Gasteiger partial charge in [-0.3, -0.25) is 9.59 Å². The number of nitrogens with one attached hydrogen (secondary N) is 1. The minimum Gasteiger partial charge on any atom is -0.352 e. The van der Waals surface area contributed by atoms with Crippen LogP contribution in [0, 0.1) is 11.3 Å². The molecule has 1 unspecified atom stereocenters. The zero-order valence-corrected chi connectivity index (χ0v) is 19.4. The van der Waals surface area contributed by atoms with E-state index in [4.69, 9.17) is 0 Å². The van der Waals surface area contributed by atoms with Gasteiger partial charge >= 0.3 is 0 Å². The Hall–Kier alpha value is -2.66. The summed E-state index contributed by atoms with van der Waals surface area (Å²) in [6.45, 7) is 5.49. The van der Waals surface area contributed by atoms with Crippen LogP contribution in [0.5, 0.6) is 0 Å². The quantitative estimate of drug-likeness (QED) is 0.590. The molecule has 32 heavy (non-hydrogen) atoms. The SMILES string of the molecule is C=CCNC(=O)C1(Cc2cccc(-c3cccs3)c2)CCN(C(=O)C2CC=CCC2)CC1. The lowest BCUT2D eigenvalue weighted by Crippen LogP contribution is -2.52. The molecule has 1 fully saturated rings. The van der Waals surface area contributed by atoms with Gasteiger partial charge in [-0.25, -0.2) is 0 Å². The Morgan fingerprint density at radius 3 is 2.72 bits per heavy atom. The van der Waals surface area contributed by atoms with Crippen LogP contribution in [0.4, 0.5) is 0 Å². The summed E-state index contributed by atoms with van der Waals surface area (Å²) in [5, 5.41) is 5.13. The summed E-state index contributed by atoms with van der Waals surface area (Å²) in [5.41, 5.74) is 1.86. The number of hydrogen-bond acceptors (Lipinski definition) is 3. The third kappa shape index (κ3) is 5.04. The lowest BCUT2D eigenvalue weighted by atomic mass is 9.72. The standard InChI is InChI=1S/C27H32N2O2S/c1-2-15-28-26(31)27(20-21-8-6-11-23(19-21)24-12-7-18-32-24)13-16-29(17-14-27)25(30)22-9-4-3-5-10-22/h2-4,6-8,11-12,18-19,22H,1,5,9-10,13-17,20H2,(H,28,31). The number of thiophene rings is 1. The highest BCUT2D eigenvalue weighted by Gasteiger charge is 2.42. The zero-order chi connectivity index (χ0) is 22.4. The number of carbonyl (C=O) groups is 2. The number of allylic oxidation sites excluding steroid dienone is 2. The highest BCUT2D eigenvalue weighted by atomic mass is 32.1. The van der Waals surface area contributed by atoms with E-state index in [-0.39, 0.29) is 17.7 Å². The summed E-state index contributed by atoms with van der Waals surface area (Å²) in [7, 11) is 0.